The van der Waals surface area contributed by atoms with Gasteiger partial charge in [-0.3, -0.25) is 9.48 Å². The number of halogens is 1. The van der Waals surface area contributed by atoms with Gasteiger partial charge in [0.05, 0.1) is 12.8 Å². The van der Waals surface area contributed by atoms with Crippen LogP contribution in [-0.2, 0) is 29.7 Å². The highest BCUT2D eigenvalue weighted by molar-refractivity contribution is 5.85. The first kappa shape index (κ1) is 19.2. The smallest absolute Gasteiger partial charge is 0.242 e. The molecule has 1 aromatic carbocycles. The molecule has 0 radical (unpaired) electrons. The third-order valence-corrected chi connectivity index (χ3v) is 3.38. The van der Waals surface area contributed by atoms with E-state index < -0.39 is 6.04 Å². The summed E-state index contributed by atoms with van der Waals surface area (Å²) in [6.07, 6.45) is 3.53. The van der Waals surface area contributed by atoms with Gasteiger partial charge in [-0.1, -0.05) is 24.3 Å². The molecule has 0 spiro atoms. The molecular weight excluding hydrogens is 316 g/mol. The number of amides is 1. The van der Waals surface area contributed by atoms with Crippen LogP contribution in [0, 0.1) is 0 Å². The van der Waals surface area contributed by atoms with Gasteiger partial charge in [0.25, 0.3) is 0 Å². The van der Waals surface area contributed by atoms with Crippen molar-refractivity contribution in [3.8, 4) is 0 Å². The van der Waals surface area contributed by atoms with Gasteiger partial charge in [-0.15, -0.1) is 12.4 Å². The topological polar surface area (TPSA) is 68.2 Å². The number of likely N-dealkylation sites (N-methyl/N-ethyl adjacent to an activating group) is 1. The van der Waals surface area contributed by atoms with Crippen LogP contribution in [0.4, 0.5) is 0 Å². The molecule has 126 valence electrons. The van der Waals surface area contributed by atoms with Crippen molar-refractivity contribution >= 4 is 18.3 Å². The van der Waals surface area contributed by atoms with Crippen LogP contribution in [0.2, 0.25) is 0 Å². The molecule has 1 heterocycles. The maximum absolute atomic E-state index is 12.3. The number of benzene rings is 1. The molecule has 2 aromatic rings. The molecule has 1 aromatic heterocycles. The number of carbonyl (C=O) groups is 1. The van der Waals surface area contributed by atoms with Crippen molar-refractivity contribution in [2.75, 3.05) is 14.2 Å². The zero-order valence-corrected chi connectivity index (χ0v) is 14.4. The maximum atomic E-state index is 12.3. The van der Waals surface area contributed by atoms with E-state index in [1.165, 1.54) is 0 Å². The Bertz CT molecular complexity index is 630. The third kappa shape index (κ3) is 5.35. The molecule has 0 aliphatic heterocycles. The predicted octanol–water partition coefficient (Wildman–Crippen LogP) is 1.57. The van der Waals surface area contributed by atoms with Crippen LogP contribution >= 0.6 is 12.4 Å². The van der Waals surface area contributed by atoms with Crippen LogP contribution in [0.25, 0.3) is 0 Å². The highest BCUT2D eigenvalue weighted by Crippen LogP contribution is 2.12. The van der Waals surface area contributed by atoms with Gasteiger partial charge in [0.2, 0.25) is 5.91 Å². The van der Waals surface area contributed by atoms with E-state index in [0.29, 0.717) is 13.2 Å². The molecule has 1 unspecified atom stereocenters. The Kier molecular flexibility index (Phi) is 7.74. The number of hydrogen-bond donors (Lipinski definition) is 2. The molecule has 0 fully saturated rings. The Balaban J connectivity index is 0.00000264. The molecule has 6 nitrogen and oxygen atoms in total. The summed E-state index contributed by atoms with van der Waals surface area (Å²) in [6.45, 7) is 1.05. The summed E-state index contributed by atoms with van der Waals surface area (Å²) in [4.78, 5) is 12.3. The Morgan fingerprint density at radius 1 is 1.39 bits per heavy atom. The molecule has 0 saturated carbocycles. The summed E-state index contributed by atoms with van der Waals surface area (Å²) in [6, 6.07) is 7.57. The van der Waals surface area contributed by atoms with Crippen molar-refractivity contribution in [1.82, 2.24) is 20.4 Å². The highest BCUT2D eigenvalue weighted by atomic mass is 35.5. The highest BCUT2D eigenvalue weighted by Gasteiger charge is 2.19. The Morgan fingerprint density at radius 2 is 2.13 bits per heavy atom. The van der Waals surface area contributed by atoms with Crippen molar-refractivity contribution in [3.63, 3.8) is 0 Å². The number of hydrogen-bond acceptors (Lipinski definition) is 4. The van der Waals surface area contributed by atoms with E-state index in [1.54, 1.807) is 25.0 Å². The van der Waals surface area contributed by atoms with Crippen molar-refractivity contribution in [3.05, 3.63) is 53.3 Å². The lowest BCUT2D eigenvalue weighted by Crippen LogP contribution is -2.35. The molecule has 1 atom stereocenters. The summed E-state index contributed by atoms with van der Waals surface area (Å²) >= 11 is 0. The zero-order valence-electron chi connectivity index (χ0n) is 13.6. The Labute approximate surface area is 142 Å². The van der Waals surface area contributed by atoms with E-state index >= 15 is 0 Å². The minimum atomic E-state index is -0.407. The van der Waals surface area contributed by atoms with Crippen LogP contribution < -0.4 is 10.6 Å². The normalized spacial score (nSPS) is 11.6. The van der Waals surface area contributed by atoms with Gasteiger partial charge in [-0.05, 0) is 18.2 Å². The van der Waals surface area contributed by atoms with Gasteiger partial charge >= 0.3 is 0 Å². The number of carbonyl (C=O) groups excluding carboxylic acids is 1. The molecule has 23 heavy (non-hydrogen) atoms. The third-order valence-electron chi connectivity index (χ3n) is 3.38. The molecule has 1 amide bonds. The summed E-state index contributed by atoms with van der Waals surface area (Å²) < 4.78 is 6.80. The Hall–Kier alpha value is -1.89. The number of methoxy groups -OCH3 is 1. The first-order chi connectivity index (χ1) is 10.6. The van der Waals surface area contributed by atoms with Gasteiger partial charge in [0, 0.05) is 32.5 Å². The number of rotatable bonds is 7. The summed E-state index contributed by atoms with van der Waals surface area (Å²) in [5, 5.41) is 10.1. The monoisotopic (exact) mass is 338 g/mol. The number of aryl methyl sites for hydroxylation is 1. The summed E-state index contributed by atoms with van der Waals surface area (Å²) in [5.41, 5.74) is 2.98. The van der Waals surface area contributed by atoms with Gasteiger partial charge in [-0.2, -0.15) is 5.10 Å². The quantitative estimate of drug-likeness (QED) is 0.804. The van der Waals surface area contributed by atoms with Gasteiger partial charge in [0.1, 0.15) is 6.04 Å². The number of aromatic nitrogens is 2. The molecule has 0 bridgehead atoms. The van der Waals surface area contributed by atoms with Crippen LogP contribution in [0.5, 0.6) is 0 Å². The summed E-state index contributed by atoms with van der Waals surface area (Å²) in [7, 11) is 5.26. The SMILES string of the molecule is CNC(C(=O)NCc1cccc(COC)c1)c1cnn(C)c1.Cl. The largest absolute Gasteiger partial charge is 0.380 e. The van der Waals surface area contributed by atoms with E-state index in [1.807, 2.05) is 37.5 Å². The molecule has 0 aliphatic carbocycles. The standard InChI is InChI=1S/C16H22N4O2.ClH/c1-17-15(14-9-19-20(2)10-14)16(21)18-8-12-5-4-6-13(7-12)11-22-3;/h4-7,9-10,15,17H,8,11H2,1-3H3,(H,18,21);1H. The second-order valence-electron chi connectivity index (χ2n) is 5.14. The number of ether oxygens (including phenoxy) is 1. The van der Waals surface area contributed by atoms with E-state index in [-0.39, 0.29) is 18.3 Å². The number of nitrogens with zero attached hydrogens (tertiary/aromatic N) is 2. The lowest BCUT2D eigenvalue weighted by molar-refractivity contribution is -0.123. The van der Waals surface area contributed by atoms with Crippen LogP contribution in [-0.4, -0.2) is 29.8 Å². The predicted molar refractivity (Wildman–Crippen MR) is 91.3 cm³/mol. The van der Waals surface area contributed by atoms with E-state index in [9.17, 15) is 4.79 Å². The van der Waals surface area contributed by atoms with E-state index in [4.69, 9.17) is 4.74 Å². The fraction of sp³-hybridized carbons (Fsp3) is 0.375. The van der Waals surface area contributed by atoms with Crippen molar-refractivity contribution in [2.24, 2.45) is 7.05 Å². The molecule has 2 N–H and O–H groups in total. The van der Waals surface area contributed by atoms with Crippen molar-refractivity contribution in [2.45, 2.75) is 19.2 Å². The van der Waals surface area contributed by atoms with Crippen molar-refractivity contribution < 1.29 is 9.53 Å². The lowest BCUT2D eigenvalue weighted by atomic mass is 10.1. The average Bonchev–Trinajstić information content (AvgIpc) is 2.93. The zero-order chi connectivity index (χ0) is 15.9. The molecule has 0 saturated heterocycles. The van der Waals surface area contributed by atoms with Gasteiger partial charge in [-0.25, -0.2) is 0 Å². The second-order valence-corrected chi connectivity index (χ2v) is 5.14. The minimum Gasteiger partial charge on any atom is -0.380 e. The van der Waals surface area contributed by atoms with Gasteiger partial charge in [0.15, 0.2) is 0 Å². The van der Waals surface area contributed by atoms with E-state index in [0.717, 1.165) is 16.7 Å². The fourth-order valence-corrected chi connectivity index (χ4v) is 2.33. The van der Waals surface area contributed by atoms with Crippen LogP contribution in [0.3, 0.4) is 0 Å². The van der Waals surface area contributed by atoms with Crippen LogP contribution in [0.1, 0.15) is 22.7 Å². The Morgan fingerprint density at radius 3 is 2.74 bits per heavy atom. The molecule has 0 aliphatic rings. The van der Waals surface area contributed by atoms with Crippen molar-refractivity contribution in [1.29, 1.82) is 0 Å². The number of nitrogens with one attached hydrogen (secondary N) is 2. The van der Waals surface area contributed by atoms with Gasteiger partial charge < -0.3 is 15.4 Å². The van der Waals surface area contributed by atoms with Crippen LogP contribution in [0.15, 0.2) is 36.7 Å². The molecule has 2 rings (SSSR count). The first-order valence-corrected chi connectivity index (χ1v) is 7.14. The first-order valence-electron chi connectivity index (χ1n) is 7.14. The average molecular weight is 339 g/mol. The van der Waals surface area contributed by atoms with E-state index in [2.05, 4.69) is 15.7 Å². The summed E-state index contributed by atoms with van der Waals surface area (Å²) in [5.74, 6) is -0.0763. The molecular formula is C16H23ClN4O2. The fourth-order valence-electron chi connectivity index (χ4n) is 2.33. The maximum Gasteiger partial charge on any atom is 0.242 e. The second kappa shape index (κ2) is 9.29. The lowest BCUT2D eigenvalue weighted by Gasteiger charge is -2.15. The molecule has 7 heteroatoms. The minimum absolute atomic E-state index is 0.